The zero-order valence-electron chi connectivity index (χ0n) is 11.7. The molecule has 0 saturated carbocycles. The highest BCUT2D eigenvalue weighted by atomic mass is 16.2. The summed E-state index contributed by atoms with van der Waals surface area (Å²) in [5, 5.41) is 2.97. The molecule has 0 aromatic rings. The van der Waals surface area contributed by atoms with Crippen LogP contribution in [0.5, 0.6) is 0 Å². The molecule has 1 N–H and O–H groups in total. The summed E-state index contributed by atoms with van der Waals surface area (Å²) in [6, 6.07) is 0.856. The van der Waals surface area contributed by atoms with Crippen molar-refractivity contribution in [3.05, 3.63) is 0 Å². The molecule has 0 bridgehead atoms. The molecule has 2 saturated heterocycles. The number of nitrogens with zero attached hydrogens (tertiary/aromatic N) is 2. The maximum absolute atomic E-state index is 11.8. The molecule has 2 heterocycles. The summed E-state index contributed by atoms with van der Waals surface area (Å²) in [4.78, 5) is 16.5. The number of piperidine rings is 2. The smallest absolute Gasteiger partial charge is 0.317 e. The largest absolute Gasteiger partial charge is 0.338 e. The number of carbonyl (C=O) groups excluding carboxylic acids is 1. The fourth-order valence-electron chi connectivity index (χ4n) is 3.06. The molecule has 104 valence electrons. The molecular formula is C14H27N3O. The first kappa shape index (κ1) is 13.7. The molecule has 2 fully saturated rings. The molecule has 0 aromatic carbocycles. The molecule has 18 heavy (non-hydrogen) atoms. The number of hydrogen-bond donors (Lipinski definition) is 1. The summed E-state index contributed by atoms with van der Waals surface area (Å²) in [7, 11) is 0. The van der Waals surface area contributed by atoms with Crippen LogP contribution < -0.4 is 5.32 Å². The lowest BCUT2D eigenvalue weighted by Crippen LogP contribution is -2.50. The van der Waals surface area contributed by atoms with E-state index >= 15 is 0 Å². The van der Waals surface area contributed by atoms with Gasteiger partial charge >= 0.3 is 6.03 Å². The van der Waals surface area contributed by atoms with Crippen molar-refractivity contribution in [2.24, 2.45) is 0 Å². The van der Waals surface area contributed by atoms with Crippen molar-refractivity contribution in [3.8, 4) is 0 Å². The Balaban J connectivity index is 1.71. The fraction of sp³-hybridized carbons (Fsp3) is 0.929. The summed E-state index contributed by atoms with van der Waals surface area (Å²) in [5.41, 5.74) is 0. The molecule has 2 amide bonds. The normalized spacial score (nSPS) is 23.1. The third-order valence-electron chi connectivity index (χ3n) is 4.18. The van der Waals surface area contributed by atoms with Crippen LogP contribution in [0.3, 0.4) is 0 Å². The predicted molar refractivity (Wildman–Crippen MR) is 73.7 cm³/mol. The zero-order chi connectivity index (χ0) is 12.8. The number of hydrogen-bond acceptors (Lipinski definition) is 2. The van der Waals surface area contributed by atoms with Crippen LogP contribution >= 0.6 is 0 Å². The van der Waals surface area contributed by atoms with Gasteiger partial charge in [0.2, 0.25) is 0 Å². The minimum absolute atomic E-state index is 0.133. The van der Waals surface area contributed by atoms with Gasteiger partial charge in [-0.25, -0.2) is 4.79 Å². The van der Waals surface area contributed by atoms with Gasteiger partial charge in [-0.1, -0.05) is 13.3 Å². The Morgan fingerprint density at radius 2 is 1.78 bits per heavy atom. The van der Waals surface area contributed by atoms with Crippen molar-refractivity contribution in [3.63, 3.8) is 0 Å². The second-order valence-electron chi connectivity index (χ2n) is 5.55. The van der Waals surface area contributed by atoms with Crippen molar-refractivity contribution in [2.45, 2.75) is 51.5 Å². The van der Waals surface area contributed by atoms with Crippen molar-refractivity contribution in [2.75, 3.05) is 32.7 Å². The average molecular weight is 253 g/mol. The molecule has 0 spiro atoms. The maximum Gasteiger partial charge on any atom is 0.317 e. The highest BCUT2D eigenvalue weighted by molar-refractivity contribution is 5.74. The van der Waals surface area contributed by atoms with Gasteiger partial charge in [0.05, 0.1) is 0 Å². The van der Waals surface area contributed by atoms with E-state index in [1.807, 2.05) is 4.90 Å². The van der Waals surface area contributed by atoms with E-state index in [0.29, 0.717) is 0 Å². The van der Waals surface area contributed by atoms with Gasteiger partial charge in [0.1, 0.15) is 0 Å². The van der Waals surface area contributed by atoms with Crippen LogP contribution in [-0.4, -0.2) is 54.6 Å². The Hall–Kier alpha value is -0.770. The highest BCUT2D eigenvalue weighted by Gasteiger charge is 2.27. The molecule has 4 heteroatoms. The van der Waals surface area contributed by atoms with E-state index in [-0.39, 0.29) is 6.03 Å². The van der Waals surface area contributed by atoms with Crippen LogP contribution in [0.15, 0.2) is 0 Å². The number of rotatable bonds is 3. The van der Waals surface area contributed by atoms with Crippen LogP contribution in [0.25, 0.3) is 0 Å². The predicted octanol–water partition coefficient (Wildman–Crippen LogP) is 2.06. The van der Waals surface area contributed by atoms with Crippen molar-refractivity contribution >= 4 is 6.03 Å². The molecule has 0 aromatic heterocycles. The third-order valence-corrected chi connectivity index (χ3v) is 4.18. The fourth-order valence-corrected chi connectivity index (χ4v) is 3.06. The lowest BCUT2D eigenvalue weighted by Gasteiger charge is -2.40. The van der Waals surface area contributed by atoms with E-state index in [1.165, 1.54) is 32.4 Å². The quantitative estimate of drug-likeness (QED) is 0.835. The van der Waals surface area contributed by atoms with Gasteiger partial charge in [0, 0.05) is 25.7 Å². The minimum Gasteiger partial charge on any atom is -0.338 e. The molecule has 2 aliphatic rings. The topological polar surface area (TPSA) is 35.6 Å². The molecule has 0 radical (unpaired) electrons. The molecule has 2 aliphatic heterocycles. The van der Waals surface area contributed by atoms with Crippen LogP contribution in [0.1, 0.15) is 45.4 Å². The van der Waals surface area contributed by atoms with Crippen LogP contribution in [-0.2, 0) is 0 Å². The molecule has 2 rings (SSSR count). The lowest BCUT2D eigenvalue weighted by molar-refractivity contribution is 0.101. The standard InChI is InChI=1S/C14H27N3O/c1-2-8-15-14(18)17-11-6-13(7-12-17)16-9-4-3-5-10-16/h13H,2-12H2,1H3,(H,15,18). The SMILES string of the molecule is CCCNC(=O)N1CCC(N2CCCCC2)CC1. The number of carbonyl (C=O) groups is 1. The van der Waals surface area contributed by atoms with Crippen LogP contribution in [0.2, 0.25) is 0 Å². The first-order chi connectivity index (χ1) is 8.81. The zero-order valence-corrected chi connectivity index (χ0v) is 11.7. The second kappa shape index (κ2) is 6.98. The van der Waals surface area contributed by atoms with E-state index in [1.54, 1.807) is 0 Å². The van der Waals surface area contributed by atoms with E-state index in [2.05, 4.69) is 17.1 Å². The third kappa shape index (κ3) is 3.61. The number of amides is 2. The van der Waals surface area contributed by atoms with Gasteiger partial charge in [0.15, 0.2) is 0 Å². The summed E-state index contributed by atoms with van der Waals surface area (Å²) >= 11 is 0. The summed E-state index contributed by atoms with van der Waals surface area (Å²) in [5.74, 6) is 0. The maximum atomic E-state index is 11.8. The van der Waals surface area contributed by atoms with E-state index in [4.69, 9.17) is 0 Å². The number of nitrogens with one attached hydrogen (secondary N) is 1. The Labute approximate surface area is 111 Å². The van der Waals surface area contributed by atoms with E-state index in [0.717, 1.165) is 44.9 Å². The first-order valence-corrected chi connectivity index (χ1v) is 7.58. The Kier molecular flexibility index (Phi) is 5.29. The van der Waals surface area contributed by atoms with Gasteiger partial charge in [0.25, 0.3) is 0 Å². The molecule has 0 unspecified atom stereocenters. The number of urea groups is 1. The van der Waals surface area contributed by atoms with Gasteiger partial charge in [-0.15, -0.1) is 0 Å². The molecular weight excluding hydrogens is 226 g/mol. The lowest BCUT2D eigenvalue weighted by atomic mass is 10.0. The summed E-state index contributed by atoms with van der Waals surface area (Å²) in [6.07, 6.45) is 7.43. The Bertz CT molecular complexity index is 256. The average Bonchev–Trinajstić information content (AvgIpc) is 2.46. The van der Waals surface area contributed by atoms with E-state index < -0.39 is 0 Å². The minimum atomic E-state index is 0.133. The van der Waals surface area contributed by atoms with Gasteiger partial charge in [-0.3, -0.25) is 0 Å². The Morgan fingerprint density at radius 3 is 2.39 bits per heavy atom. The highest BCUT2D eigenvalue weighted by Crippen LogP contribution is 2.20. The molecule has 0 atom stereocenters. The number of likely N-dealkylation sites (tertiary alicyclic amines) is 2. The first-order valence-electron chi connectivity index (χ1n) is 7.58. The van der Waals surface area contributed by atoms with Crippen molar-refractivity contribution in [1.29, 1.82) is 0 Å². The monoisotopic (exact) mass is 253 g/mol. The van der Waals surface area contributed by atoms with Crippen LogP contribution in [0, 0.1) is 0 Å². The molecule has 4 nitrogen and oxygen atoms in total. The van der Waals surface area contributed by atoms with Crippen LogP contribution in [0.4, 0.5) is 4.79 Å². The van der Waals surface area contributed by atoms with Gasteiger partial charge in [-0.05, 0) is 45.2 Å². The second-order valence-corrected chi connectivity index (χ2v) is 5.55. The van der Waals surface area contributed by atoms with Crippen molar-refractivity contribution in [1.82, 2.24) is 15.1 Å². The summed E-state index contributed by atoms with van der Waals surface area (Å²) < 4.78 is 0. The summed E-state index contributed by atoms with van der Waals surface area (Å²) in [6.45, 7) is 7.28. The van der Waals surface area contributed by atoms with E-state index in [9.17, 15) is 4.79 Å². The molecule has 0 aliphatic carbocycles. The Morgan fingerprint density at radius 1 is 1.11 bits per heavy atom. The van der Waals surface area contributed by atoms with Gasteiger partial charge < -0.3 is 15.1 Å². The van der Waals surface area contributed by atoms with Gasteiger partial charge in [-0.2, -0.15) is 0 Å². The van der Waals surface area contributed by atoms with Crippen molar-refractivity contribution < 1.29 is 4.79 Å².